The highest BCUT2D eigenvalue weighted by Crippen LogP contribution is 2.23. The summed E-state index contributed by atoms with van der Waals surface area (Å²) in [4.78, 5) is 15.2. The first-order chi connectivity index (χ1) is 10.5. The molecular formula is C19H30N2O. The van der Waals surface area contributed by atoms with Gasteiger partial charge in [-0.05, 0) is 64.3 Å². The van der Waals surface area contributed by atoms with E-state index in [1.165, 1.54) is 31.2 Å². The van der Waals surface area contributed by atoms with Crippen molar-refractivity contribution in [2.45, 2.75) is 65.8 Å². The van der Waals surface area contributed by atoms with Gasteiger partial charge in [0, 0.05) is 5.69 Å². The van der Waals surface area contributed by atoms with Gasteiger partial charge in [-0.2, -0.15) is 0 Å². The van der Waals surface area contributed by atoms with Crippen molar-refractivity contribution < 1.29 is 4.79 Å². The zero-order valence-corrected chi connectivity index (χ0v) is 14.5. The molecule has 1 aromatic carbocycles. The van der Waals surface area contributed by atoms with Gasteiger partial charge in [0.15, 0.2) is 0 Å². The SMILES string of the molecule is CC[C@H](C(=O)Nc1c(C)cc(C)cc1C)N1CCCCCC1. The molecular weight excluding hydrogens is 272 g/mol. The molecule has 1 fully saturated rings. The van der Waals surface area contributed by atoms with Gasteiger partial charge in [0.25, 0.3) is 0 Å². The maximum Gasteiger partial charge on any atom is 0.241 e. The van der Waals surface area contributed by atoms with Gasteiger partial charge in [-0.3, -0.25) is 9.69 Å². The second-order valence-electron chi connectivity index (χ2n) is 6.64. The smallest absolute Gasteiger partial charge is 0.241 e. The van der Waals surface area contributed by atoms with E-state index in [-0.39, 0.29) is 11.9 Å². The van der Waals surface area contributed by atoms with Crippen LogP contribution in [-0.4, -0.2) is 29.9 Å². The van der Waals surface area contributed by atoms with Crippen LogP contribution in [-0.2, 0) is 4.79 Å². The number of nitrogens with one attached hydrogen (secondary N) is 1. The van der Waals surface area contributed by atoms with E-state index in [0.29, 0.717) is 0 Å². The zero-order valence-electron chi connectivity index (χ0n) is 14.5. The Bertz CT molecular complexity index is 493. The van der Waals surface area contributed by atoms with E-state index in [4.69, 9.17) is 0 Å². The van der Waals surface area contributed by atoms with Crippen LogP contribution >= 0.6 is 0 Å². The zero-order chi connectivity index (χ0) is 16.1. The summed E-state index contributed by atoms with van der Waals surface area (Å²) in [5.74, 6) is 0.152. The molecule has 0 saturated carbocycles. The van der Waals surface area contributed by atoms with Gasteiger partial charge < -0.3 is 5.32 Å². The first-order valence-corrected chi connectivity index (χ1v) is 8.65. The molecule has 22 heavy (non-hydrogen) atoms. The van der Waals surface area contributed by atoms with Gasteiger partial charge >= 0.3 is 0 Å². The lowest BCUT2D eigenvalue weighted by Gasteiger charge is -2.29. The fraction of sp³-hybridized carbons (Fsp3) is 0.632. The molecule has 0 spiro atoms. The second-order valence-corrected chi connectivity index (χ2v) is 6.64. The van der Waals surface area contributed by atoms with Gasteiger partial charge in [-0.1, -0.05) is 37.5 Å². The standard InChI is InChI=1S/C19H30N2O/c1-5-17(21-10-8-6-7-9-11-21)19(22)20-18-15(3)12-14(2)13-16(18)4/h12-13,17H,5-11H2,1-4H3,(H,20,22)/t17-/m1/s1. The van der Waals surface area contributed by atoms with E-state index in [2.05, 4.69) is 50.0 Å². The van der Waals surface area contributed by atoms with E-state index >= 15 is 0 Å². The monoisotopic (exact) mass is 302 g/mol. The fourth-order valence-corrected chi connectivity index (χ4v) is 3.60. The maximum absolute atomic E-state index is 12.8. The summed E-state index contributed by atoms with van der Waals surface area (Å²) >= 11 is 0. The Hall–Kier alpha value is -1.35. The van der Waals surface area contributed by atoms with Gasteiger partial charge in [-0.25, -0.2) is 0 Å². The third-order valence-electron chi connectivity index (χ3n) is 4.70. The van der Waals surface area contributed by atoms with Crippen molar-refractivity contribution in [3.63, 3.8) is 0 Å². The van der Waals surface area contributed by atoms with E-state index in [9.17, 15) is 4.79 Å². The Balaban J connectivity index is 2.12. The van der Waals surface area contributed by atoms with Gasteiger partial charge in [-0.15, -0.1) is 0 Å². The Kier molecular flexibility index (Phi) is 6.01. The summed E-state index contributed by atoms with van der Waals surface area (Å²) in [6, 6.07) is 4.27. The average molecular weight is 302 g/mol. The maximum atomic E-state index is 12.8. The average Bonchev–Trinajstić information content (AvgIpc) is 2.73. The molecule has 122 valence electrons. The number of carbonyl (C=O) groups excluding carboxylic acids is 1. The number of likely N-dealkylation sites (tertiary alicyclic amines) is 1. The summed E-state index contributed by atoms with van der Waals surface area (Å²) in [7, 11) is 0. The van der Waals surface area contributed by atoms with Crippen molar-refractivity contribution >= 4 is 11.6 Å². The first-order valence-electron chi connectivity index (χ1n) is 8.65. The predicted molar refractivity (Wildman–Crippen MR) is 93.4 cm³/mol. The lowest BCUT2D eigenvalue weighted by atomic mass is 10.0. The van der Waals surface area contributed by atoms with Crippen molar-refractivity contribution in [1.29, 1.82) is 0 Å². The van der Waals surface area contributed by atoms with Crippen LogP contribution in [0.3, 0.4) is 0 Å². The molecule has 1 aliphatic rings. The van der Waals surface area contributed by atoms with Gasteiger partial charge in [0.1, 0.15) is 0 Å². The molecule has 1 saturated heterocycles. The highest BCUT2D eigenvalue weighted by Gasteiger charge is 2.25. The van der Waals surface area contributed by atoms with E-state index in [1.54, 1.807) is 0 Å². The summed E-state index contributed by atoms with van der Waals surface area (Å²) in [5, 5.41) is 3.19. The van der Waals surface area contributed by atoms with Crippen molar-refractivity contribution in [2.24, 2.45) is 0 Å². The number of hydrogen-bond donors (Lipinski definition) is 1. The van der Waals surface area contributed by atoms with E-state index in [0.717, 1.165) is 36.3 Å². The summed E-state index contributed by atoms with van der Waals surface area (Å²) in [6.45, 7) is 10.5. The third kappa shape index (κ3) is 4.10. The summed E-state index contributed by atoms with van der Waals surface area (Å²) in [6.07, 6.45) is 5.89. The second kappa shape index (κ2) is 7.77. The largest absolute Gasteiger partial charge is 0.324 e. The Morgan fingerprint density at radius 2 is 1.64 bits per heavy atom. The molecule has 1 heterocycles. The number of aryl methyl sites for hydroxylation is 3. The third-order valence-corrected chi connectivity index (χ3v) is 4.70. The van der Waals surface area contributed by atoms with Crippen LogP contribution in [0.25, 0.3) is 0 Å². The molecule has 0 aliphatic carbocycles. The molecule has 1 atom stereocenters. The van der Waals surface area contributed by atoms with Crippen LogP contribution in [0, 0.1) is 20.8 Å². The lowest BCUT2D eigenvalue weighted by Crippen LogP contribution is -2.44. The fourth-order valence-electron chi connectivity index (χ4n) is 3.60. The minimum Gasteiger partial charge on any atom is -0.324 e. The van der Waals surface area contributed by atoms with Crippen molar-refractivity contribution in [1.82, 2.24) is 4.90 Å². The van der Waals surface area contributed by atoms with Crippen LogP contribution in [0.2, 0.25) is 0 Å². The lowest BCUT2D eigenvalue weighted by molar-refractivity contribution is -0.121. The van der Waals surface area contributed by atoms with E-state index in [1.807, 2.05) is 0 Å². The van der Waals surface area contributed by atoms with Crippen LogP contribution in [0.4, 0.5) is 5.69 Å². The molecule has 0 unspecified atom stereocenters. The van der Waals surface area contributed by atoms with Crippen molar-refractivity contribution in [3.8, 4) is 0 Å². The highest BCUT2D eigenvalue weighted by atomic mass is 16.2. The summed E-state index contributed by atoms with van der Waals surface area (Å²) in [5.41, 5.74) is 4.53. The first kappa shape index (κ1) is 17.0. The van der Waals surface area contributed by atoms with Crippen LogP contribution in [0.5, 0.6) is 0 Å². The molecule has 3 heteroatoms. The number of carbonyl (C=O) groups is 1. The minimum absolute atomic E-state index is 0.00166. The topological polar surface area (TPSA) is 32.3 Å². The van der Waals surface area contributed by atoms with Crippen molar-refractivity contribution in [3.05, 3.63) is 28.8 Å². The van der Waals surface area contributed by atoms with Crippen LogP contribution in [0.15, 0.2) is 12.1 Å². The molecule has 3 nitrogen and oxygen atoms in total. The predicted octanol–water partition coefficient (Wildman–Crippen LogP) is 4.20. The normalized spacial score (nSPS) is 17.8. The minimum atomic E-state index is -0.00166. The van der Waals surface area contributed by atoms with Gasteiger partial charge in [0.2, 0.25) is 5.91 Å². The Labute approximate surface area is 135 Å². The highest BCUT2D eigenvalue weighted by molar-refractivity contribution is 5.96. The molecule has 0 radical (unpaired) electrons. The van der Waals surface area contributed by atoms with Crippen molar-refractivity contribution in [2.75, 3.05) is 18.4 Å². The quantitative estimate of drug-likeness (QED) is 0.904. The Morgan fingerprint density at radius 3 is 2.14 bits per heavy atom. The molecule has 1 amide bonds. The number of nitrogens with zero attached hydrogens (tertiary/aromatic N) is 1. The van der Waals surface area contributed by atoms with E-state index < -0.39 is 0 Å². The number of benzene rings is 1. The molecule has 1 aromatic rings. The summed E-state index contributed by atoms with van der Waals surface area (Å²) < 4.78 is 0. The number of amides is 1. The molecule has 0 aromatic heterocycles. The Morgan fingerprint density at radius 1 is 1.09 bits per heavy atom. The number of rotatable bonds is 4. The molecule has 1 N–H and O–H groups in total. The molecule has 0 bridgehead atoms. The number of hydrogen-bond acceptors (Lipinski definition) is 2. The molecule has 1 aliphatic heterocycles. The molecule has 2 rings (SSSR count). The number of anilines is 1. The van der Waals surface area contributed by atoms with Gasteiger partial charge in [0.05, 0.1) is 6.04 Å². The van der Waals surface area contributed by atoms with Crippen LogP contribution < -0.4 is 5.32 Å². The van der Waals surface area contributed by atoms with Crippen LogP contribution in [0.1, 0.15) is 55.7 Å².